The minimum atomic E-state index is 0.244. The van der Waals surface area contributed by atoms with Gasteiger partial charge < -0.3 is 9.80 Å². The molecule has 36 heavy (non-hydrogen) atoms. The highest BCUT2D eigenvalue weighted by Gasteiger charge is 2.27. The molecule has 7 heteroatoms. The Kier molecular flexibility index (Phi) is 7.96. The molecule has 3 heterocycles. The van der Waals surface area contributed by atoms with Gasteiger partial charge in [-0.3, -0.25) is 4.79 Å². The number of carbonyl (C=O) groups is 1. The predicted molar refractivity (Wildman–Crippen MR) is 147 cm³/mol. The van der Waals surface area contributed by atoms with Crippen LogP contribution in [0, 0.1) is 11.3 Å². The van der Waals surface area contributed by atoms with Crippen LogP contribution in [0.2, 0.25) is 0 Å². The van der Waals surface area contributed by atoms with Gasteiger partial charge in [0, 0.05) is 38.5 Å². The van der Waals surface area contributed by atoms with E-state index < -0.39 is 0 Å². The normalized spacial score (nSPS) is 16.4. The number of aromatic nitrogens is 4. The molecule has 1 amide bonds. The van der Waals surface area contributed by atoms with Crippen molar-refractivity contribution in [3.05, 3.63) is 42.4 Å². The van der Waals surface area contributed by atoms with Crippen LogP contribution >= 0.6 is 0 Å². The third-order valence-electron chi connectivity index (χ3n) is 7.00. The van der Waals surface area contributed by atoms with Crippen molar-refractivity contribution in [2.75, 3.05) is 31.1 Å². The van der Waals surface area contributed by atoms with Gasteiger partial charge in [-0.15, -0.1) is 0 Å². The number of hydrogen-bond acceptors (Lipinski definition) is 5. The average molecular weight is 491 g/mol. The summed E-state index contributed by atoms with van der Waals surface area (Å²) >= 11 is 0. The highest BCUT2D eigenvalue weighted by atomic mass is 16.2. The molecule has 0 spiro atoms. The Morgan fingerprint density at radius 2 is 1.72 bits per heavy atom. The molecule has 0 unspecified atom stereocenters. The second-order valence-electron chi connectivity index (χ2n) is 11.7. The van der Waals surface area contributed by atoms with E-state index in [0.29, 0.717) is 12.3 Å². The van der Waals surface area contributed by atoms with Crippen LogP contribution in [0.4, 0.5) is 5.82 Å². The van der Waals surface area contributed by atoms with E-state index in [1.165, 1.54) is 0 Å². The lowest BCUT2D eigenvalue weighted by molar-refractivity contribution is -0.132. The number of para-hydroxylation sites is 1. The first-order valence-electron chi connectivity index (χ1n) is 13.5. The SMILES string of the molecule is CCC[C@@H](C)c1nc(N2CCN(C(=O)C[C@@H](C)CC(C)(C)C)CC2)c2cnn(-c3ccccc3)c2n1. The summed E-state index contributed by atoms with van der Waals surface area (Å²) in [5, 5.41) is 5.66. The lowest BCUT2D eigenvalue weighted by Gasteiger charge is -2.36. The fraction of sp³-hybridized carbons (Fsp3) is 0.586. The molecule has 3 aromatic rings. The molecule has 7 nitrogen and oxygen atoms in total. The van der Waals surface area contributed by atoms with E-state index >= 15 is 0 Å². The van der Waals surface area contributed by atoms with Crippen LogP contribution in [0.15, 0.2) is 36.5 Å². The zero-order valence-electron chi connectivity index (χ0n) is 22.9. The summed E-state index contributed by atoms with van der Waals surface area (Å²) in [5.41, 5.74) is 2.08. The highest BCUT2D eigenvalue weighted by Crippen LogP contribution is 2.30. The maximum Gasteiger partial charge on any atom is 0.222 e. The van der Waals surface area contributed by atoms with Gasteiger partial charge in [0.2, 0.25) is 5.91 Å². The molecular weight excluding hydrogens is 448 g/mol. The van der Waals surface area contributed by atoms with Crippen LogP contribution in [-0.2, 0) is 4.79 Å². The second-order valence-corrected chi connectivity index (χ2v) is 11.7. The maximum absolute atomic E-state index is 13.0. The fourth-order valence-corrected chi connectivity index (χ4v) is 5.40. The number of benzene rings is 1. The number of rotatable bonds is 8. The van der Waals surface area contributed by atoms with Crippen LogP contribution in [0.3, 0.4) is 0 Å². The van der Waals surface area contributed by atoms with E-state index in [1.807, 2.05) is 34.0 Å². The molecule has 0 radical (unpaired) electrons. The molecule has 0 N–H and O–H groups in total. The smallest absolute Gasteiger partial charge is 0.222 e. The topological polar surface area (TPSA) is 67.2 Å². The minimum Gasteiger partial charge on any atom is -0.352 e. The number of hydrogen-bond donors (Lipinski definition) is 0. The minimum absolute atomic E-state index is 0.244. The molecule has 0 saturated carbocycles. The first kappa shape index (κ1) is 26.1. The standard InChI is InChI=1S/C29H42N6O/c1-7-11-22(3)26-31-27(24-20-30-35(28(24)32-26)23-12-9-8-10-13-23)34-16-14-33(15-17-34)25(36)18-21(2)19-29(4,5)6/h8-10,12-13,20-22H,7,11,14-19H2,1-6H3/t21-,22-/m1/s1. The zero-order valence-corrected chi connectivity index (χ0v) is 22.9. The molecule has 0 bridgehead atoms. The number of fused-ring (bicyclic) bond motifs is 1. The number of anilines is 1. The molecule has 1 aliphatic heterocycles. The lowest BCUT2D eigenvalue weighted by atomic mass is 9.84. The monoisotopic (exact) mass is 490 g/mol. The Morgan fingerprint density at radius 3 is 2.36 bits per heavy atom. The summed E-state index contributed by atoms with van der Waals surface area (Å²) in [4.78, 5) is 27.4. The number of amides is 1. The summed E-state index contributed by atoms with van der Waals surface area (Å²) in [6, 6.07) is 10.1. The van der Waals surface area contributed by atoms with Gasteiger partial charge in [-0.05, 0) is 36.3 Å². The van der Waals surface area contributed by atoms with Gasteiger partial charge >= 0.3 is 0 Å². The maximum atomic E-state index is 13.0. The van der Waals surface area contributed by atoms with Crippen molar-refractivity contribution in [1.82, 2.24) is 24.6 Å². The van der Waals surface area contributed by atoms with Gasteiger partial charge in [-0.1, -0.05) is 66.2 Å². The molecule has 2 atom stereocenters. The Hall–Kier alpha value is -2.96. The predicted octanol–water partition coefficient (Wildman–Crippen LogP) is 5.83. The number of piperazine rings is 1. The van der Waals surface area contributed by atoms with Crippen molar-refractivity contribution >= 4 is 22.8 Å². The van der Waals surface area contributed by atoms with Crippen molar-refractivity contribution < 1.29 is 4.79 Å². The van der Waals surface area contributed by atoms with Crippen molar-refractivity contribution in [1.29, 1.82) is 0 Å². The van der Waals surface area contributed by atoms with E-state index in [4.69, 9.17) is 15.1 Å². The van der Waals surface area contributed by atoms with Crippen molar-refractivity contribution in [2.24, 2.45) is 11.3 Å². The van der Waals surface area contributed by atoms with Gasteiger partial charge in [0.25, 0.3) is 0 Å². The van der Waals surface area contributed by atoms with Gasteiger partial charge in [0.1, 0.15) is 11.6 Å². The highest BCUT2D eigenvalue weighted by molar-refractivity contribution is 5.88. The zero-order chi connectivity index (χ0) is 25.9. The summed E-state index contributed by atoms with van der Waals surface area (Å²) in [5.74, 6) is 2.74. The van der Waals surface area contributed by atoms with Crippen molar-refractivity contribution in [3.63, 3.8) is 0 Å². The first-order chi connectivity index (χ1) is 17.2. The first-order valence-corrected chi connectivity index (χ1v) is 13.5. The van der Waals surface area contributed by atoms with Crippen LogP contribution in [0.1, 0.15) is 79.0 Å². The molecule has 1 saturated heterocycles. The molecule has 194 valence electrons. The van der Waals surface area contributed by atoms with E-state index in [2.05, 4.69) is 58.6 Å². The van der Waals surface area contributed by atoms with Crippen LogP contribution in [-0.4, -0.2) is 56.7 Å². The third-order valence-corrected chi connectivity index (χ3v) is 7.00. The lowest BCUT2D eigenvalue weighted by Crippen LogP contribution is -2.49. The molecule has 2 aromatic heterocycles. The average Bonchev–Trinajstić information content (AvgIpc) is 3.27. The van der Waals surface area contributed by atoms with Gasteiger partial charge in [0.15, 0.2) is 5.65 Å². The van der Waals surface area contributed by atoms with Crippen LogP contribution in [0.25, 0.3) is 16.7 Å². The van der Waals surface area contributed by atoms with E-state index in [-0.39, 0.29) is 17.2 Å². The largest absolute Gasteiger partial charge is 0.352 e. The third kappa shape index (κ3) is 6.05. The van der Waals surface area contributed by atoms with Crippen LogP contribution < -0.4 is 4.90 Å². The molecule has 1 fully saturated rings. The Balaban J connectivity index is 1.56. The molecule has 1 aliphatic rings. The quantitative estimate of drug-likeness (QED) is 0.397. The molecule has 1 aromatic carbocycles. The van der Waals surface area contributed by atoms with Crippen LogP contribution in [0.5, 0.6) is 0 Å². The second kappa shape index (κ2) is 11.0. The van der Waals surface area contributed by atoms with Crippen molar-refractivity contribution in [3.8, 4) is 5.69 Å². The Morgan fingerprint density at radius 1 is 1.03 bits per heavy atom. The summed E-state index contributed by atoms with van der Waals surface area (Å²) in [7, 11) is 0. The van der Waals surface area contributed by atoms with Gasteiger partial charge in [-0.2, -0.15) is 5.10 Å². The van der Waals surface area contributed by atoms with E-state index in [1.54, 1.807) is 0 Å². The Bertz CT molecular complexity index is 1160. The van der Waals surface area contributed by atoms with Crippen molar-refractivity contribution in [2.45, 2.75) is 73.1 Å². The molecular formula is C29H42N6O. The number of carbonyl (C=O) groups excluding carboxylic acids is 1. The molecule has 4 rings (SSSR count). The Labute approximate surface area is 215 Å². The summed E-state index contributed by atoms with van der Waals surface area (Å²) in [6.45, 7) is 16.3. The molecule has 0 aliphatic carbocycles. The van der Waals surface area contributed by atoms with E-state index in [0.717, 1.165) is 73.8 Å². The summed E-state index contributed by atoms with van der Waals surface area (Å²) < 4.78 is 1.92. The van der Waals surface area contributed by atoms with Gasteiger partial charge in [0.05, 0.1) is 17.3 Å². The van der Waals surface area contributed by atoms with E-state index in [9.17, 15) is 4.79 Å². The number of nitrogens with zero attached hydrogens (tertiary/aromatic N) is 6. The summed E-state index contributed by atoms with van der Waals surface area (Å²) in [6.07, 6.45) is 5.70. The fourth-order valence-electron chi connectivity index (χ4n) is 5.40. The van der Waals surface area contributed by atoms with Gasteiger partial charge in [-0.25, -0.2) is 14.6 Å².